The van der Waals surface area contributed by atoms with Gasteiger partial charge in [0.05, 0.1) is 19.3 Å². The van der Waals surface area contributed by atoms with Crippen LogP contribution in [0.3, 0.4) is 0 Å². The van der Waals surface area contributed by atoms with E-state index in [1.807, 2.05) is 25.1 Å². The monoisotopic (exact) mass is 398 g/mol. The van der Waals surface area contributed by atoms with Crippen molar-refractivity contribution in [3.8, 4) is 11.6 Å². The molecule has 2 aromatic rings. The molecule has 2 heterocycles. The van der Waals surface area contributed by atoms with E-state index in [-0.39, 0.29) is 17.9 Å². The molecule has 1 saturated carbocycles. The number of amides is 1. The van der Waals surface area contributed by atoms with Gasteiger partial charge in [-0.2, -0.15) is 4.98 Å². The van der Waals surface area contributed by atoms with E-state index in [0.717, 1.165) is 37.2 Å². The van der Waals surface area contributed by atoms with Gasteiger partial charge in [0.1, 0.15) is 5.75 Å². The Morgan fingerprint density at radius 2 is 2.03 bits per heavy atom. The summed E-state index contributed by atoms with van der Waals surface area (Å²) < 4.78 is 16.6. The van der Waals surface area contributed by atoms with Crippen LogP contribution in [0.15, 0.2) is 30.5 Å². The van der Waals surface area contributed by atoms with Gasteiger partial charge in [-0.3, -0.25) is 4.79 Å². The molecule has 0 spiro atoms. The largest absolute Gasteiger partial charge is 0.439 e. The van der Waals surface area contributed by atoms with Crippen LogP contribution < -0.4 is 15.0 Å². The average Bonchev–Trinajstić information content (AvgIpc) is 2.70. The highest BCUT2D eigenvalue weighted by atomic mass is 16.5. The second kappa shape index (κ2) is 8.75. The Balaban J connectivity index is 1.39. The molecule has 0 atom stereocenters. The summed E-state index contributed by atoms with van der Waals surface area (Å²) in [4.78, 5) is 23.2. The van der Waals surface area contributed by atoms with Crippen LogP contribution in [0.1, 0.15) is 18.4 Å². The van der Waals surface area contributed by atoms with Crippen LogP contribution in [0.2, 0.25) is 0 Å². The minimum atomic E-state index is 0.0239. The van der Waals surface area contributed by atoms with Crippen LogP contribution in [0.25, 0.3) is 0 Å². The number of nitrogens with zero attached hydrogens (tertiary/aromatic N) is 3. The van der Waals surface area contributed by atoms with E-state index < -0.39 is 0 Å². The average molecular weight is 398 g/mol. The fourth-order valence-electron chi connectivity index (χ4n) is 3.48. The highest BCUT2D eigenvalue weighted by molar-refractivity contribution is 5.93. The number of methoxy groups -OCH3 is 1. The fourth-order valence-corrected chi connectivity index (χ4v) is 3.48. The molecular formula is C21H26N4O4. The third-order valence-corrected chi connectivity index (χ3v) is 5.37. The number of hydrogen-bond donors (Lipinski definition) is 1. The minimum absolute atomic E-state index is 0.0239. The zero-order valence-corrected chi connectivity index (χ0v) is 16.8. The smallest absolute Gasteiger partial charge is 0.228 e. The molecule has 0 radical (unpaired) electrons. The molecule has 1 saturated heterocycles. The lowest BCUT2D eigenvalue weighted by Gasteiger charge is -2.32. The molecule has 8 heteroatoms. The summed E-state index contributed by atoms with van der Waals surface area (Å²) in [5.74, 6) is 1.88. The Kier molecular flexibility index (Phi) is 5.92. The van der Waals surface area contributed by atoms with Crippen molar-refractivity contribution < 1.29 is 19.0 Å². The summed E-state index contributed by atoms with van der Waals surface area (Å²) in [5.41, 5.74) is 1.68. The number of hydrogen-bond acceptors (Lipinski definition) is 7. The lowest BCUT2D eigenvalue weighted by atomic mass is 9.81. The lowest BCUT2D eigenvalue weighted by molar-refractivity contribution is -0.127. The van der Waals surface area contributed by atoms with Crippen molar-refractivity contribution in [2.75, 3.05) is 43.6 Å². The van der Waals surface area contributed by atoms with Crippen molar-refractivity contribution in [1.82, 2.24) is 9.97 Å². The molecule has 1 aliphatic carbocycles. The van der Waals surface area contributed by atoms with E-state index in [2.05, 4.69) is 20.2 Å². The molecule has 154 valence electrons. The maximum Gasteiger partial charge on any atom is 0.228 e. The number of anilines is 2. The van der Waals surface area contributed by atoms with Gasteiger partial charge in [-0.15, -0.1) is 0 Å². The van der Waals surface area contributed by atoms with Crippen LogP contribution in [-0.4, -0.2) is 55.4 Å². The summed E-state index contributed by atoms with van der Waals surface area (Å²) >= 11 is 0. The highest BCUT2D eigenvalue weighted by Gasteiger charge is 2.34. The van der Waals surface area contributed by atoms with Gasteiger partial charge in [-0.1, -0.05) is 0 Å². The van der Waals surface area contributed by atoms with Crippen molar-refractivity contribution in [1.29, 1.82) is 0 Å². The quantitative estimate of drug-likeness (QED) is 0.801. The van der Waals surface area contributed by atoms with Crippen LogP contribution in [-0.2, 0) is 14.3 Å². The topological polar surface area (TPSA) is 85.8 Å². The zero-order chi connectivity index (χ0) is 20.2. The third-order valence-electron chi connectivity index (χ3n) is 5.37. The Bertz CT molecular complexity index is 864. The third kappa shape index (κ3) is 4.65. The van der Waals surface area contributed by atoms with E-state index >= 15 is 0 Å². The molecule has 2 fully saturated rings. The Morgan fingerprint density at radius 1 is 1.24 bits per heavy atom. The first-order chi connectivity index (χ1) is 14.1. The van der Waals surface area contributed by atoms with Gasteiger partial charge in [0.2, 0.25) is 17.7 Å². The summed E-state index contributed by atoms with van der Waals surface area (Å²) in [6.45, 7) is 4.83. The first kappa shape index (κ1) is 19.6. The number of aryl methyl sites for hydroxylation is 1. The number of aromatic nitrogens is 2. The molecule has 29 heavy (non-hydrogen) atoms. The van der Waals surface area contributed by atoms with E-state index in [9.17, 15) is 4.79 Å². The molecule has 0 bridgehead atoms. The lowest BCUT2D eigenvalue weighted by Crippen LogP contribution is -2.38. The first-order valence-corrected chi connectivity index (χ1v) is 9.90. The summed E-state index contributed by atoms with van der Waals surface area (Å²) in [6, 6.07) is 7.34. The number of carbonyl (C=O) groups excluding carboxylic acids is 1. The molecule has 8 nitrogen and oxygen atoms in total. The molecule has 0 unspecified atom stereocenters. The molecule has 1 amide bonds. The molecule has 1 N–H and O–H groups in total. The summed E-state index contributed by atoms with van der Waals surface area (Å²) in [7, 11) is 1.68. The van der Waals surface area contributed by atoms with Crippen molar-refractivity contribution in [3.63, 3.8) is 0 Å². The van der Waals surface area contributed by atoms with Crippen molar-refractivity contribution >= 4 is 17.5 Å². The molecule has 4 rings (SSSR count). The van der Waals surface area contributed by atoms with Gasteiger partial charge in [0.25, 0.3) is 0 Å². The molecule has 1 aromatic carbocycles. The van der Waals surface area contributed by atoms with Crippen LogP contribution in [0, 0.1) is 12.8 Å². The predicted molar refractivity (Wildman–Crippen MR) is 108 cm³/mol. The highest BCUT2D eigenvalue weighted by Crippen LogP contribution is 2.32. The number of nitrogens with one attached hydrogen (secondary N) is 1. The Labute approximate surface area is 170 Å². The SMILES string of the molecule is COC1CC(C(=O)Nc2ccc(Oc3ccnc(N4CCOCC4)n3)c(C)c2)C1. The van der Waals surface area contributed by atoms with Crippen LogP contribution in [0.5, 0.6) is 11.6 Å². The fraction of sp³-hybridized carbons (Fsp3) is 0.476. The van der Waals surface area contributed by atoms with Gasteiger partial charge in [-0.25, -0.2) is 4.98 Å². The van der Waals surface area contributed by atoms with Gasteiger partial charge in [0.15, 0.2) is 0 Å². The van der Waals surface area contributed by atoms with Gasteiger partial charge in [0, 0.05) is 44.1 Å². The van der Waals surface area contributed by atoms with E-state index in [4.69, 9.17) is 14.2 Å². The number of morpholine rings is 1. The molecule has 1 aromatic heterocycles. The standard InChI is InChI=1S/C21H26N4O4/c1-14-11-16(23-20(26)15-12-17(13-15)27-2)3-4-18(14)29-19-5-6-22-21(24-19)25-7-9-28-10-8-25/h3-6,11,15,17H,7-10,12-13H2,1-2H3,(H,23,26). The number of benzene rings is 1. The Hall–Kier alpha value is -2.71. The number of carbonyl (C=O) groups is 1. The van der Waals surface area contributed by atoms with Crippen molar-refractivity contribution in [3.05, 3.63) is 36.0 Å². The first-order valence-electron chi connectivity index (χ1n) is 9.90. The maximum atomic E-state index is 12.3. The minimum Gasteiger partial charge on any atom is -0.439 e. The van der Waals surface area contributed by atoms with Crippen molar-refractivity contribution in [2.45, 2.75) is 25.9 Å². The normalized spacial score (nSPS) is 21.4. The number of ether oxygens (including phenoxy) is 3. The second-order valence-corrected chi connectivity index (χ2v) is 7.39. The maximum absolute atomic E-state index is 12.3. The second-order valence-electron chi connectivity index (χ2n) is 7.39. The zero-order valence-electron chi connectivity index (χ0n) is 16.8. The van der Waals surface area contributed by atoms with E-state index in [1.165, 1.54) is 0 Å². The molecule has 1 aliphatic heterocycles. The summed E-state index contributed by atoms with van der Waals surface area (Å²) in [6.07, 6.45) is 3.46. The Morgan fingerprint density at radius 3 is 2.76 bits per heavy atom. The summed E-state index contributed by atoms with van der Waals surface area (Å²) in [5, 5.41) is 2.98. The molecular weight excluding hydrogens is 372 g/mol. The predicted octanol–water partition coefficient (Wildman–Crippen LogP) is 2.78. The van der Waals surface area contributed by atoms with Crippen LogP contribution >= 0.6 is 0 Å². The van der Waals surface area contributed by atoms with Gasteiger partial charge < -0.3 is 24.4 Å². The van der Waals surface area contributed by atoms with Crippen molar-refractivity contribution in [2.24, 2.45) is 5.92 Å². The van der Waals surface area contributed by atoms with Gasteiger partial charge in [-0.05, 0) is 43.5 Å². The van der Waals surface area contributed by atoms with E-state index in [1.54, 1.807) is 19.4 Å². The number of rotatable bonds is 6. The molecule has 2 aliphatic rings. The van der Waals surface area contributed by atoms with Gasteiger partial charge >= 0.3 is 0 Å². The van der Waals surface area contributed by atoms with E-state index in [0.29, 0.717) is 30.8 Å². The van der Waals surface area contributed by atoms with Crippen LogP contribution in [0.4, 0.5) is 11.6 Å².